The lowest BCUT2D eigenvalue weighted by atomic mass is 9.95. The Morgan fingerprint density at radius 1 is 1.22 bits per heavy atom. The monoisotopic (exact) mass is 373 g/mol. The van der Waals surface area contributed by atoms with E-state index in [9.17, 15) is 9.59 Å². The smallest absolute Gasteiger partial charge is 0.416 e. The van der Waals surface area contributed by atoms with Crippen molar-refractivity contribution in [3.05, 3.63) is 23.9 Å². The molecule has 0 bridgehead atoms. The standard InChI is InChI=1S/C21H31N3O3/c1-21(2,3)27-20(26)24(16-9-4-5-10-16)19-17(11-8-13-22-19)18-12-6-7-14-23(18)15-25/h8,11,13,15-16,18H,4-7,9-10,12,14H2,1-3H3/t18-/m0/s1. The van der Waals surface area contributed by atoms with E-state index < -0.39 is 5.60 Å². The van der Waals surface area contributed by atoms with Crippen LogP contribution >= 0.6 is 0 Å². The van der Waals surface area contributed by atoms with Gasteiger partial charge in [0.2, 0.25) is 6.41 Å². The fourth-order valence-electron chi connectivity index (χ4n) is 4.17. The quantitative estimate of drug-likeness (QED) is 0.732. The van der Waals surface area contributed by atoms with Crippen LogP contribution < -0.4 is 4.90 Å². The van der Waals surface area contributed by atoms with Crippen molar-refractivity contribution in [1.29, 1.82) is 0 Å². The molecule has 1 aromatic rings. The Balaban J connectivity index is 1.99. The highest BCUT2D eigenvalue weighted by Gasteiger charge is 2.36. The van der Waals surface area contributed by atoms with Gasteiger partial charge in [-0.25, -0.2) is 9.78 Å². The van der Waals surface area contributed by atoms with Crippen LogP contribution in [0.5, 0.6) is 0 Å². The highest BCUT2D eigenvalue weighted by molar-refractivity contribution is 5.88. The molecule has 2 heterocycles. The lowest BCUT2D eigenvalue weighted by Gasteiger charge is -2.37. The Morgan fingerprint density at radius 3 is 2.59 bits per heavy atom. The summed E-state index contributed by atoms with van der Waals surface area (Å²) in [6.45, 7) is 6.39. The molecule has 1 saturated heterocycles. The van der Waals surface area contributed by atoms with Crippen molar-refractivity contribution in [3.63, 3.8) is 0 Å². The minimum absolute atomic E-state index is 0.0358. The predicted molar refractivity (Wildman–Crippen MR) is 105 cm³/mol. The molecule has 148 valence electrons. The van der Waals surface area contributed by atoms with Gasteiger partial charge in [-0.15, -0.1) is 0 Å². The molecule has 3 rings (SSSR count). The van der Waals surface area contributed by atoms with Gasteiger partial charge >= 0.3 is 6.09 Å². The molecule has 1 aliphatic carbocycles. The molecule has 2 amide bonds. The molecule has 27 heavy (non-hydrogen) atoms. The third-order valence-electron chi connectivity index (χ3n) is 5.36. The Morgan fingerprint density at radius 2 is 1.93 bits per heavy atom. The summed E-state index contributed by atoms with van der Waals surface area (Å²) < 4.78 is 5.73. The molecule has 2 fully saturated rings. The van der Waals surface area contributed by atoms with Gasteiger partial charge in [-0.1, -0.05) is 18.9 Å². The number of anilines is 1. The number of hydrogen-bond donors (Lipinski definition) is 0. The number of carbonyl (C=O) groups is 2. The van der Waals surface area contributed by atoms with Crippen molar-refractivity contribution < 1.29 is 14.3 Å². The number of nitrogens with zero attached hydrogens (tertiary/aromatic N) is 3. The van der Waals surface area contributed by atoms with Crippen molar-refractivity contribution in [3.8, 4) is 0 Å². The molecule has 1 atom stereocenters. The predicted octanol–water partition coefficient (Wildman–Crippen LogP) is 4.45. The lowest BCUT2D eigenvalue weighted by Crippen LogP contribution is -2.44. The van der Waals surface area contributed by atoms with Crippen LogP contribution in [0.1, 0.15) is 77.3 Å². The molecule has 0 spiro atoms. The van der Waals surface area contributed by atoms with Gasteiger partial charge in [0.05, 0.1) is 6.04 Å². The van der Waals surface area contributed by atoms with Gasteiger partial charge in [-0.3, -0.25) is 9.69 Å². The first-order valence-corrected chi connectivity index (χ1v) is 10.1. The number of ether oxygens (including phenoxy) is 1. The minimum atomic E-state index is -0.567. The number of amides is 2. The van der Waals surface area contributed by atoms with E-state index in [2.05, 4.69) is 4.98 Å². The summed E-state index contributed by atoms with van der Waals surface area (Å²) in [5.41, 5.74) is 0.379. The first-order valence-electron chi connectivity index (χ1n) is 10.1. The maximum atomic E-state index is 13.1. The fraction of sp³-hybridized carbons (Fsp3) is 0.667. The zero-order valence-corrected chi connectivity index (χ0v) is 16.7. The topological polar surface area (TPSA) is 62.7 Å². The first-order chi connectivity index (χ1) is 12.9. The van der Waals surface area contributed by atoms with E-state index in [-0.39, 0.29) is 18.2 Å². The molecule has 1 aromatic heterocycles. The third-order valence-corrected chi connectivity index (χ3v) is 5.36. The SMILES string of the molecule is CC(C)(C)OC(=O)N(c1ncccc1[C@@H]1CCCCN1C=O)C1CCCC1. The minimum Gasteiger partial charge on any atom is -0.443 e. The largest absolute Gasteiger partial charge is 0.443 e. The second kappa shape index (κ2) is 8.28. The molecular weight excluding hydrogens is 342 g/mol. The number of carbonyl (C=O) groups excluding carboxylic acids is 2. The number of pyridine rings is 1. The summed E-state index contributed by atoms with van der Waals surface area (Å²) in [5, 5.41) is 0. The number of hydrogen-bond acceptors (Lipinski definition) is 4. The summed E-state index contributed by atoms with van der Waals surface area (Å²) in [4.78, 5) is 32.9. The second-order valence-electron chi connectivity index (χ2n) is 8.56. The molecule has 0 N–H and O–H groups in total. The maximum Gasteiger partial charge on any atom is 0.416 e. The van der Waals surface area contributed by atoms with Crippen LogP contribution in [-0.2, 0) is 9.53 Å². The molecule has 1 saturated carbocycles. The normalized spacial score (nSPS) is 21.1. The number of piperidine rings is 1. The van der Waals surface area contributed by atoms with Crippen molar-refractivity contribution >= 4 is 18.3 Å². The van der Waals surface area contributed by atoms with Gasteiger partial charge in [-0.2, -0.15) is 0 Å². The van der Waals surface area contributed by atoms with Crippen LogP contribution in [0.15, 0.2) is 18.3 Å². The van der Waals surface area contributed by atoms with Gasteiger partial charge < -0.3 is 9.64 Å². The maximum absolute atomic E-state index is 13.1. The zero-order chi connectivity index (χ0) is 19.4. The average molecular weight is 373 g/mol. The van der Waals surface area contributed by atoms with Crippen LogP contribution in [0.25, 0.3) is 0 Å². The van der Waals surface area contributed by atoms with E-state index in [0.717, 1.165) is 63.5 Å². The van der Waals surface area contributed by atoms with E-state index in [1.807, 2.05) is 37.8 Å². The zero-order valence-electron chi connectivity index (χ0n) is 16.7. The highest BCUT2D eigenvalue weighted by Crippen LogP contribution is 2.37. The molecule has 0 radical (unpaired) electrons. The third kappa shape index (κ3) is 4.60. The summed E-state index contributed by atoms with van der Waals surface area (Å²) in [5.74, 6) is 0.650. The molecule has 6 nitrogen and oxygen atoms in total. The van der Waals surface area contributed by atoms with Gasteiger partial charge in [0, 0.05) is 24.3 Å². The van der Waals surface area contributed by atoms with E-state index in [1.165, 1.54) is 0 Å². The van der Waals surface area contributed by atoms with Gasteiger partial charge in [0.1, 0.15) is 11.4 Å². The first kappa shape index (κ1) is 19.6. The Kier molecular flexibility index (Phi) is 6.02. The summed E-state index contributed by atoms with van der Waals surface area (Å²) in [6, 6.07) is 3.95. The fourth-order valence-corrected chi connectivity index (χ4v) is 4.17. The lowest BCUT2D eigenvalue weighted by molar-refractivity contribution is -0.121. The molecule has 2 aliphatic rings. The van der Waals surface area contributed by atoms with E-state index in [4.69, 9.17) is 4.74 Å². The van der Waals surface area contributed by atoms with Gasteiger partial charge in [0.15, 0.2) is 0 Å². The van der Waals surface area contributed by atoms with Crippen LogP contribution in [0, 0.1) is 0 Å². The van der Waals surface area contributed by atoms with Crippen LogP contribution in [0.4, 0.5) is 10.6 Å². The van der Waals surface area contributed by atoms with Crippen molar-refractivity contribution in [2.45, 2.75) is 83.4 Å². The van der Waals surface area contributed by atoms with E-state index in [0.29, 0.717) is 5.82 Å². The molecule has 0 unspecified atom stereocenters. The Bertz CT molecular complexity index is 665. The number of rotatable bonds is 4. The van der Waals surface area contributed by atoms with Crippen molar-refractivity contribution in [2.24, 2.45) is 0 Å². The van der Waals surface area contributed by atoms with Crippen LogP contribution in [0.2, 0.25) is 0 Å². The van der Waals surface area contributed by atoms with Crippen LogP contribution in [-0.4, -0.2) is 40.6 Å². The summed E-state index contributed by atoms with van der Waals surface area (Å²) in [7, 11) is 0. The van der Waals surface area contributed by atoms with E-state index >= 15 is 0 Å². The highest BCUT2D eigenvalue weighted by atomic mass is 16.6. The summed E-state index contributed by atoms with van der Waals surface area (Å²) in [6.07, 6.45) is 9.41. The Labute approximate surface area is 161 Å². The van der Waals surface area contributed by atoms with Crippen molar-refractivity contribution in [1.82, 2.24) is 9.88 Å². The number of aromatic nitrogens is 1. The summed E-state index contributed by atoms with van der Waals surface area (Å²) >= 11 is 0. The Hall–Kier alpha value is -2.11. The van der Waals surface area contributed by atoms with Gasteiger partial charge in [-0.05, 0) is 58.9 Å². The average Bonchev–Trinajstić information content (AvgIpc) is 3.15. The molecule has 1 aliphatic heterocycles. The van der Waals surface area contributed by atoms with Crippen molar-refractivity contribution in [2.75, 3.05) is 11.4 Å². The second-order valence-corrected chi connectivity index (χ2v) is 8.56. The molecule has 6 heteroatoms. The molecule has 0 aromatic carbocycles. The number of likely N-dealkylation sites (tertiary alicyclic amines) is 1. The van der Waals surface area contributed by atoms with Crippen LogP contribution in [0.3, 0.4) is 0 Å². The molecular formula is C21H31N3O3. The van der Waals surface area contributed by atoms with E-state index in [1.54, 1.807) is 11.1 Å². The van der Waals surface area contributed by atoms with Gasteiger partial charge in [0.25, 0.3) is 0 Å².